The van der Waals surface area contributed by atoms with Crippen molar-refractivity contribution in [1.29, 1.82) is 0 Å². The summed E-state index contributed by atoms with van der Waals surface area (Å²) in [6, 6.07) is 15.5. The van der Waals surface area contributed by atoms with Crippen LogP contribution in [0.25, 0.3) is 0 Å². The Morgan fingerprint density at radius 2 is 1.55 bits per heavy atom. The third-order valence-electron chi connectivity index (χ3n) is 4.20. The van der Waals surface area contributed by atoms with Crippen LogP contribution in [0.15, 0.2) is 77.7 Å². The largest absolute Gasteiger partial charge is 0.497 e. The molecule has 1 amide bonds. The fourth-order valence-electron chi connectivity index (χ4n) is 2.66. The standard InChI is InChI=1S/C21H17F3N2O4S/c1-30-18-10-8-14(9-11-18)20(27)25-16-5-3-7-19(13-16)31(28,29)26-17-6-2-4-15(12-17)21(22,23)24/h2-13,26H,1H3,(H,25,27). The van der Waals surface area contributed by atoms with Gasteiger partial charge in [-0.2, -0.15) is 13.2 Å². The number of carbonyl (C=O) groups is 1. The van der Waals surface area contributed by atoms with Gasteiger partial charge >= 0.3 is 6.18 Å². The van der Waals surface area contributed by atoms with E-state index in [1.807, 2.05) is 0 Å². The van der Waals surface area contributed by atoms with Crippen molar-refractivity contribution in [3.8, 4) is 5.75 Å². The van der Waals surface area contributed by atoms with Crippen molar-refractivity contribution in [2.24, 2.45) is 0 Å². The molecule has 0 saturated heterocycles. The lowest BCUT2D eigenvalue weighted by Crippen LogP contribution is -2.15. The van der Waals surface area contributed by atoms with Gasteiger partial charge in [-0.15, -0.1) is 0 Å². The summed E-state index contributed by atoms with van der Waals surface area (Å²) in [5.41, 5.74) is -0.681. The molecule has 0 radical (unpaired) electrons. The first-order valence-corrected chi connectivity index (χ1v) is 10.3. The number of amides is 1. The number of alkyl halides is 3. The minimum absolute atomic E-state index is 0.202. The molecular formula is C21H17F3N2O4S. The molecule has 0 aliphatic carbocycles. The summed E-state index contributed by atoms with van der Waals surface area (Å²) >= 11 is 0. The third kappa shape index (κ3) is 5.54. The molecule has 0 fully saturated rings. The highest BCUT2D eigenvalue weighted by Gasteiger charge is 2.30. The van der Waals surface area contributed by atoms with E-state index in [1.54, 1.807) is 24.3 Å². The highest BCUT2D eigenvalue weighted by Crippen LogP contribution is 2.31. The van der Waals surface area contributed by atoms with Crippen LogP contribution < -0.4 is 14.8 Å². The van der Waals surface area contributed by atoms with Gasteiger partial charge in [-0.1, -0.05) is 12.1 Å². The number of hydrogen-bond donors (Lipinski definition) is 2. The molecule has 0 bridgehead atoms. The van der Waals surface area contributed by atoms with Crippen LogP contribution in [0.3, 0.4) is 0 Å². The van der Waals surface area contributed by atoms with Crippen LogP contribution in [0, 0.1) is 0 Å². The Bertz CT molecular complexity index is 1190. The lowest BCUT2D eigenvalue weighted by molar-refractivity contribution is -0.137. The average molecular weight is 450 g/mol. The maximum absolute atomic E-state index is 12.9. The van der Waals surface area contributed by atoms with Crippen molar-refractivity contribution in [2.45, 2.75) is 11.1 Å². The molecule has 3 aromatic rings. The number of carbonyl (C=O) groups excluding carboxylic acids is 1. The Kier molecular flexibility index (Phi) is 6.21. The molecule has 0 aliphatic rings. The van der Waals surface area contributed by atoms with Crippen molar-refractivity contribution in [2.75, 3.05) is 17.1 Å². The average Bonchev–Trinajstić information content (AvgIpc) is 2.73. The SMILES string of the molecule is COc1ccc(C(=O)Nc2cccc(S(=O)(=O)Nc3cccc(C(F)(F)F)c3)c2)cc1. The number of halogens is 3. The maximum Gasteiger partial charge on any atom is 0.416 e. The number of anilines is 2. The topological polar surface area (TPSA) is 84.5 Å². The fourth-order valence-corrected chi connectivity index (χ4v) is 3.75. The van der Waals surface area contributed by atoms with Crippen LogP contribution in [-0.2, 0) is 16.2 Å². The molecule has 0 spiro atoms. The molecule has 0 unspecified atom stereocenters. The van der Waals surface area contributed by atoms with Gasteiger partial charge in [0.1, 0.15) is 5.75 Å². The molecule has 6 nitrogen and oxygen atoms in total. The summed E-state index contributed by atoms with van der Waals surface area (Å²) in [6.45, 7) is 0. The van der Waals surface area contributed by atoms with Crippen molar-refractivity contribution in [3.05, 3.63) is 83.9 Å². The van der Waals surface area contributed by atoms with Gasteiger partial charge in [0.25, 0.3) is 15.9 Å². The Morgan fingerprint density at radius 1 is 0.903 bits per heavy atom. The molecule has 0 aliphatic heterocycles. The highest BCUT2D eigenvalue weighted by atomic mass is 32.2. The summed E-state index contributed by atoms with van der Waals surface area (Å²) in [7, 11) is -2.70. The first-order chi connectivity index (χ1) is 14.6. The van der Waals surface area contributed by atoms with E-state index < -0.39 is 27.7 Å². The Balaban J connectivity index is 1.79. The lowest BCUT2D eigenvalue weighted by Gasteiger charge is -2.12. The number of sulfonamides is 1. The summed E-state index contributed by atoms with van der Waals surface area (Å²) in [5.74, 6) is 0.105. The second kappa shape index (κ2) is 8.68. The van der Waals surface area contributed by atoms with Gasteiger partial charge in [-0.25, -0.2) is 8.42 Å². The zero-order chi connectivity index (χ0) is 22.6. The Hall–Kier alpha value is -3.53. The van der Waals surface area contributed by atoms with E-state index in [0.29, 0.717) is 17.4 Å². The maximum atomic E-state index is 12.9. The van der Waals surface area contributed by atoms with Gasteiger partial charge in [-0.05, 0) is 60.7 Å². The van der Waals surface area contributed by atoms with E-state index in [-0.39, 0.29) is 16.3 Å². The van der Waals surface area contributed by atoms with Gasteiger partial charge in [0, 0.05) is 16.9 Å². The van der Waals surface area contributed by atoms with Crippen molar-refractivity contribution >= 4 is 27.3 Å². The normalized spacial score (nSPS) is 11.6. The van der Waals surface area contributed by atoms with E-state index >= 15 is 0 Å². The van der Waals surface area contributed by atoms with Crippen LogP contribution in [-0.4, -0.2) is 21.4 Å². The predicted molar refractivity (Wildman–Crippen MR) is 110 cm³/mol. The minimum atomic E-state index is -4.60. The zero-order valence-corrected chi connectivity index (χ0v) is 16.9. The molecule has 0 heterocycles. The van der Waals surface area contributed by atoms with Crippen molar-refractivity contribution in [1.82, 2.24) is 0 Å². The number of rotatable bonds is 6. The first-order valence-electron chi connectivity index (χ1n) is 8.84. The molecule has 0 atom stereocenters. The fraction of sp³-hybridized carbons (Fsp3) is 0.0952. The second-order valence-electron chi connectivity index (χ2n) is 6.39. The van der Waals surface area contributed by atoms with Gasteiger partial charge in [0.2, 0.25) is 0 Å². The number of hydrogen-bond acceptors (Lipinski definition) is 4. The second-order valence-corrected chi connectivity index (χ2v) is 8.08. The van der Waals surface area contributed by atoms with Gasteiger partial charge in [-0.3, -0.25) is 9.52 Å². The molecule has 10 heteroatoms. The first kappa shape index (κ1) is 22.2. The smallest absolute Gasteiger partial charge is 0.416 e. The molecule has 31 heavy (non-hydrogen) atoms. The van der Waals surface area contributed by atoms with Gasteiger partial charge in [0.05, 0.1) is 17.6 Å². The van der Waals surface area contributed by atoms with Crippen LogP contribution in [0.4, 0.5) is 24.5 Å². The van der Waals surface area contributed by atoms with E-state index in [1.165, 1.54) is 37.4 Å². The quantitative estimate of drug-likeness (QED) is 0.567. The van der Waals surface area contributed by atoms with Crippen LogP contribution >= 0.6 is 0 Å². The summed E-state index contributed by atoms with van der Waals surface area (Å²) in [6.07, 6.45) is -4.60. The number of methoxy groups -OCH3 is 1. The van der Waals surface area contributed by atoms with Gasteiger partial charge < -0.3 is 10.1 Å². The van der Waals surface area contributed by atoms with Crippen molar-refractivity contribution < 1.29 is 31.1 Å². The summed E-state index contributed by atoms with van der Waals surface area (Å²) in [5, 5.41) is 2.58. The zero-order valence-electron chi connectivity index (χ0n) is 16.1. The summed E-state index contributed by atoms with van der Waals surface area (Å²) in [4.78, 5) is 12.1. The van der Waals surface area contributed by atoms with E-state index in [4.69, 9.17) is 4.74 Å². The summed E-state index contributed by atoms with van der Waals surface area (Å²) < 4.78 is 71.0. The minimum Gasteiger partial charge on any atom is -0.497 e. The molecule has 162 valence electrons. The lowest BCUT2D eigenvalue weighted by atomic mass is 10.2. The molecule has 2 N–H and O–H groups in total. The Labute approximate surface area is 176 Å². The molecule has 3 rings (SSSR count). The highest BCUT2D eigenvalue weighted by molar-refractivity contribution is 7.92. The monoisotopic (exact) mass is 450 g/mol. The number of nitrogens with one attached hydrogen (secondary N) is 2. The van der Waals surface area contributed by atoms with Crippen LogP contribution in [0.2, 0.25) is 0 Å². The number of ether oxygens (including phenoxy) is 1. The van der Waals surface area contributed by atoms with E-state index in [9.17, 15) is 26.4 Å². The Morgan fingerprint density at radius 3 is 2.19 bits per heavy atom. The van der Waals surface area contributed by atoms with Crippen molar-refractivity contribution in [3.63, 3.8) is 0 Å². The molecule has 0 saturated carbocycles. The predicted octanol–water partition coefficient (Wildman–Crippen LogP) is 4.77. The van der Waals surface area contributed by atoms with Gasteiger partial charge in [0.15, 0.2) is 0 Å². The van der Waals surface area contributed by atoms with Crippen LogP contribution in [0.1, 0.15) is 15.9 Å². The van der Waals surface area contributed by atoms with Crippen LogP contribution in [0.5, 0.6) is 5.75 Å². The third-order valence-corrected chi connectivity index (χ3v) is 5.58. The molecular weight excluding hydrogens is 433 g/mol. The molecule has 3 aromatic carbocycles. The van der Waals surface area contributed by atoms with E-state index in [2.05, 4.69) is 10.0 Å². The number of benzene rings is 3. The van der Waals surface area contributed by atoms with E-state index in [0.717, 1.165) is 12.1 Å². The molecule has 0 aromatic heterocycles.